The van der Waals surface area contributed by atoms with E-state index in [0.717, 1.165) is 19.5 Å². The van der Waals surface area contributed by atoms with Crippen LogP contribution in [0.15, 0.2) is 4.53 Å². The lowest BCUT2D eigenvalue weighted by Crippen LogP contribution is -2.36. The molecule has 5 heteroatoms. The first-order valence-corrected chi connectivity index (χ1v) is 2.71. The highest BCUT2D eigenvalue weighted by atomic mass is 32.1. The molecule has 1 aliphatic heterocycles. The van der Waals surface area contributed by atoms with Gasteiger partial charge in [-0.25, -0.2) is 0 Å². The molecule has 0 bridgehead atoms. The largest absolute Gasteiger partial charge is 0.189 e. The number of hydrogen-bond donors (Lipinski definition) is 0. The number of hydrogen-bond acceptors (Lipinski definition) is 5. The molecular formula is C3H6N2O2S. The van der Waals surface area contributed by atoms with Gasteiger partial charge in [-0.2, -0.15) is 4.99 Å². The zero-order chi connectivity index (χ0) is 5.82. The van der Waals surface area contributed by atoms with Gasteiger partial charge in [0.2, 0.25) is 0 Å². The van der Waals surface area contributed by atoms with E-state index in [1.807, 2.05) is 0 Å². The molecule has 0 aliphatic carbocycles. The van der Waals surface area contributed by atoms with Gasteiger partial charge in [0.1, 0.15) is 0 Å². The van der Waals surface area contributed by atoms with E-state index in [0.29, 0.717) is 0 Å². The van der Waals surface area contributed by atoms with Crippen LogP contribution in [0.1, 0.15) is 6.42 Å². The van der Waals surface area contributed by atoms with Crippen molar-refractivity contribution in [2.75, 3.05) is 13.1 Å². The quantitative estimate of drug-likeness (QED) is 0.408. The first kappa shape index (κ1) is 5.87. The van der Waals surface area contributed by atoms with E-state index in [1.165, 1.54) is 0 Å². The summed E-state index contributed by atoms with van der Waals surface area (Å²) in [5.41, 5.74) is 0. The molecule has 4 nitrogen and oxygen atoms in total. The zero-order valence-corrected chi connectivity index (χ0v) is 5.06. The van der Waals surface area contributed by atoms with E-state index in [-0.39, 0.29) is 0 Å². The SMILES string of the molecule is S=NOON1CCC1. The smallest absolute Gasteiger partial charge is 0.0876 e. The minimum Gasteiger partial charge on any atom is -0.189 e. The second-order valence-corrected chi connectivity index (χ2v) is 1.66. The molecule has 46 valence electrons. The Bertz CT molecular complexity index is 85.4. The molecule has 1 aliphatic rings. The molecule has 0 spiro atoms. The van der Waals surface area contributed by atoms with Crippen molar-refractivity contribution in [2.45, 2.75) is 6.42 Å². The Hall–Kier alpha value is -0.260. The predicted molar refractivity (Wildman–Crippen MR) is 28.2 cm³/mol. The molecule has 8 heavy (non-hydrogen) atoms. The second kappa shape index (κ2) is 2.91. The Morgan fingerprint density at radius 3 is 2.62 bits per heavy atom. The van der Waals surface area contributed by atoms with Gasteiger partial charge in [0.05, 0.1) is 12.4 Å². The predicted octanol–water partition coefficient (Wildman–Crippen LogP) is 0.201. The summed E-state index contributed by atoms with van der Waals surface area (Å²) in [5, 5.41) is 1.63. The van der Waals surface area contributed by atoms with Crippen LogP contribution in [-0.2, 0) is 22.4 Å². The van der Waals surface area contributed by atoms with Crippen molar-refractivity contribution in [3.05, 3.63) is 0 Å². The molecule has 0 amide bonds. The highest BCUT2D eigenvalue weighted by Crippen LogP contribution is 2.05. The number of nitrogens with zero attached hydrogens (tertiary/aromatic N) is 2. The maximum atomic E-state index is 4.49. The van der Waals surface area contributed by atoms with Crippen LogP contribution in [0.5, 0.6) is 0 Å². The van der Waals surface area contributed by atoms with Crippen LogP contribution in [-0.4, -0.2) is 18.2 Å². The van der Waals surface area contributed by atoms with Crippen LogP contribution in [0.25, 0.3) is 0 Å². The third kappa shape index (κ3) is 1.36. The molecule has 1 fully saturated rings. The maximum absolute atomic E-state index is 4.49. The summed E-state index contributed by atoms with van der Waals surface area (Å²) in [7, 11) is 0. The molecule has 0 saturated carbocycles. The van der Waals surface area contributed by atoms with E-state index < -0.39 is 0 Å². The second-order valence-electron chi connectivity index (χ2n) is 1.51. The van der Waals surface area contributed by atoms with E-state index in [2.05, 4.69) is 26.9 Å². The topological polar surface area (TPSA) is 34.1 Å². The van der Waals surface area contributed by atoms with Crippen LogP contribution in [0.2, 0.25) is 0 Å². The van der Waals surface area contributed by atoms with Crippen molar-refractivity contribution >= 4 is 12.4 Å². The van der Waals surface area contributed by atoms with Crippen molar-refractivity contribution in [1.29, 1.82) is 0 Å². The summed E-state index contributed by atoms with van der Waals surface area (Å²) in [4.78, 5) is 8.59. The van der Waals surface area contributed by atoms with Crippen LogP contribution in [0, 0.1) is 0 Å². The van der Waals surface area contributed by atoms with E-state index >= 15 is 0 Å². The van der Waals surface area contributed by atoms with E-state index in [4.69, 9.17) is 0 Å². The van der Waals surface area contributed by atoms with Gasteiger partial charge in [-0.15, -0.1) is 5.06 Å². The Labute approximate surface area is 52.4 Å². The monoisotopic (exact) mass is 134 g/mol. The highest BCUT2D eigenvalue weighted by molar-refractivity contribution is 7.47. The fraction of sp³-hybridized carbons (Fsp3) is 1.00. The van der Waals surface area contributed by atoms with Crippen LogP contribution in [0.4, 0.5) is 0 Å². The molecule has 0 aromatic carbocycles. The van der Waals surface area contributed by atoms with Crippen LogP contribution < -0.4 is 0 Å². The molecule has 0 unspecified atom stereocenters. The number of hydroxylamine groups is 2. The summed E-state index contributed by atoms with van der Waals surface area (Å²) in [6.45, 7) is 1.82. The molecule has 0 atom stereocenters. The molecule has 1 heterocycles. The third-order valence-electron chi connectivity index (χ3n) is 0.984. The zero-order valence-electron chi connectivity index (χ0n) is 4.24. The average Bonchev–Trinajstić information content (AvgIpc) is 1.63. The normalized spacial score (nSPS) is 19.5. The average molecular weight is 134 g/mol. The van der Waals surface area contributed by atoms with Crippen molar-refractivity contribution in [3.8, 4) is 0 Å². The number of rotatable bonds is 3. The van der Waals surface area contributed by atoms with Crippen molar-refractivity contribution in [2.24, 2.45) is 4.53 Å². The molecule has 0 aromatic rings. The van der Waals surface area contributed by atoms with Gasteiger partial charge in [0, 0.05) is 17.6 Å². The van der Waals surface area contributed by atoms with Gasteiger partial charge in [0.25, 0.3) is 0 Å². The molecule has 0 aromatic heterocycles. The summed E-state index contributed by atoms with van der Waals surface area (Å²) < 4.78 is 2.88. The highest BCUT2D eigenvalue weighted by Gasteiger charge is 2.15. The van der Waals surface area contributed by atoms with Gasteiger partial charge in [-0.1, -0.05) is 4.99 Å². The van der Waals surface area contributed by atoms with E-state index in [9.17, 15) is 0 Å². The lowest BCUT2D eigenvalue weighted by atomic mass is 10.3. The molecule has 1 saturated heterocycles. The van der Waals surface area contributed by atoms with Gasteiger partial charge in [0.15, 0.2) is 0 Å². The van der Waals surface area contributed by atoms with Crippen LogP contribution in [0.3, 0.4) is 0 Å². The van der Waals surface area contributed by atoms with Gasteiger partial charge < -0.3 is 0 Å². The van der Waals surface area contributed by atoms with Gasteiger partial charge in [-0.05, 0) is 6.42 Å². The summed E-state index contributed by atoms with van der Waals surface area (Å²) in [6, 6.07) is 0. The molecule has 0 N–H and O–H groups in total. The fourth-order valence-electron chi connectivity index (χ4n) is 0.422. The fourth-order valence-corrected chi connectivity index (χ4v) is 0.450. The Kier molecular flexibility index (Phi) is 2.13. The van der Waals surface area contributed by atoms with Crippen LogP contribution >= 0.6 is 0 Å². The first-order chi connectivity index (χ1) is 3.93. The van der Waals surface area contributed by atoms with Gasteiger partial charge in [-0.3, -0.25) is 0 Å². The Morgan fingerprint density at radius 1 is 1.50 bits per heavy atom. The summed E-state index contributed by atoms with van der Waals surface area (Å²) >= 11 is 4.09. The standard InChI is InChI=1S/C3H6N2O2S/c8-4-6-7-5-2-1-3-5/h1-3H2. The minimum atomic E-state index is 0.908. The first-order valence-electron chi connectivity index (χ1n) is 2.35. The lowest BCUT2D eigenvalue weighted by molar-refractivity contribution is -0.441. The van der Waals surface area contributed by atoms with E-state index in [1.54, 1.807) is 5.06 Å². The third-order valence-corrected chi connectivity index (χ3v) is 1.05. The Balaban J connectivity index is 1.93. The van der Waals surface area contributed by atoms with Gasteiger partial charge >= 0.3 is 0 Å². The summed E-state index contributed by atoms with van der Waals surface area (Å²) in [6.07, 6.45) is 1.15. The molecular weight excluding hydrogens is 128 g/mol. The van der Waals surface area contributed by atoms with Crippen molar-refractivity contribution in [3.63, 3.8) is 0 Å². The minimum absolute atomic E-state index is 0.908. The maximum Gasteiger partial charge on any atom is 0.0876 e. The molecule has 1 rings (SSSR count). The Morgan fingerprint density at radius 2 is 2.25 bits per heavy atom. The summed E-state index contributed by atoms with van der Waals surface area (Å²) in [5.74, 6) is 0. The molecule has 0 radical (unpaired) electrons. The lowest BCUT2D eigenvalue weighted by Gasteiger charge is -2.24. The van der Waals surface area contributed by atoms with Crippen molar-refractivity contribution < 1.29 is 9.98 Å². The van der Waals surface area contributed by atoms with Crippen molar-refractivity contribution in [1.82, 2.24) is 5.06 Å².